The Morgan fingerprint density at radius 1 is 1.06 bits per heavy atom. The number of nitrogens with one attached hydrogen (secondary N) is 1. The number of fused-ring (bicyclic) bond motifs is 1. The van der Waals surface area contributed by atoms with E-state index in [1.54, 1.807) is 19.1 Å². The van der Waals surface area contributed by atoms with Gasteiger partial charge >= 0.3 is 0 Å². The minimum absolute atomic E-state index is 0.0324. The van der Waals surface area contributed by atoms with Gasteiger partial charge in [-0.3, -0.25) is 24.7 Å². The molecule has 7 heteroatoms. The number of aryl methyl sites for hydroxylation is 1. The highest BCUT2D eigenvalue weighted by Gasteiger charge is 2.43. The van der Waals surface area contributed by atoms with E-state index in [-0.39, 0.29) is 17.4 Å². The van der Waals surface area contributed by atoms with Gasteiger partial charge in [0.2, 0.25) is 0 Å². The number of anilines is 1. The fourth-order valence-electron chi connectivity index (χ4n) is 4.48. The van der Waals surface area contributed by atoms with E-state index in [4.69, 9.17) is 0 Å². The van der Waals surface area contributed by atoms with Gasteiger partial charge in [0.15, 0.2) is 0 Å². The number of hydrogen-bond donors (Lipinski definition) is 1. The molecule has 7 nitrogen and oxygen atoms in total. The molecule has 2 unspecified atom stereocenters. The standard InChI is InChI=1S/C24H23N3O4/c1-14-6-3-4-7-18(14)26-24(29)21-15(2)25-19-8-5-9-20(28)23(19)22(21)16-10-12-17(13-11-16)27(30)31/h3-4,6-7,10-13,22-23H,5,8-9H2,1-2H3,(H,26,29). The molecule has 2 aliphatic rings. The summed E-state index contributed by atoms with van der Waals surface area (Å²) in [6.45, 7) is 3.69. The second kappa shape index (κ2) is 8.26. The molecule has 1 aliphatic carbocycles. The predicted molar refractivity (Wildman–Crippen MR) is 118 cm³/mol. The number of nitro benzene ring substituents is 1. The van der Waals surface area contributed by atoms with Crippen molar-refractivity contribution < 1.29 is 14.5 Å². The molecule has 1 amide bonds. The summed E-state index contributed by atoms with van der Waals surface area (Å²) in [5.41, 5.74) is 4.10. The zero-order chi connectivity index (χ0) is 22.1. The van der Waals surface area contributed by atoms with E-state index in [1.807, 2.05) is 31.2 Å². The molecule has 1 heterocycles. The molecular weight excluding hydrogens is 394 g/mol. The lowest BCUT2D eigenvalue weighted by Crippen LogP contribution is -2.39. The molecule has 0 saturated heterocycles. The van der Waals surface area contributed by atoms with E-state index in [2.05, 4.69) is 10.3 Å². The maximum absolute atomic E-state index is 13.4. The Bertz CT molecular complexity index is 1130. The lowest BCUT2D eigenvalue weighted by Gasteiger charge is -2.36. The van der Waals surface area contributed by atoms with Gasteiger partial charge in [-0.25, -0.2) is 0 Å². The van der Waals surface area contributed by atoms with Gasteiger partial charge in [-0.1, -0.05) is 30.3 Å². The molecule has 2 aromatic rings. The number of nitro groups is 1. The lowest BCUT2D eigenvalue weighted by molar-refractivity contribution is -0.384. The summed E-state index contributed by atoms with van der Waals surface area (Å²) in [6, 6.07) is 13.6. The fourth-order valence-corrected chi connectivity index (χ4v) is 4.48. The van der Waals surface area contributed by atoms with Crippen LogP contribution in [0.3, 0.4) is 0 Å². The van der Waals surface area contributed by atoms with Crippen LogP contribution in [0, 0.1) is 23.0 Å². The van der Waals surface area contributed by atoms with Crippen molar-refractivity contribution in [2.24, 2.45) is 10.9 Å². The second-order valence-corrected chi connectivity index (χ2v) is 8.00. The van der Waals surface area contributed by atoms with E-state index in [1.165, 1.54) is 12.1 Å². The SMILES string of the molecule is CC1=C(C(=O)Nc2ccccc2C)C(c2ccc([N+](=O)[O-])cc2)C2C(=O)CCCC2=N1. The Morgan fingerprint density at radius 3 is 2.45 bits per heavy atom. The van der Waals surface area contributed by atoms with Gasteiger partial charge in [-0.15, -0.1) is 0 Å². The first-order chi connectivity index (χ1) is 14.9. The topological polar surface area (TPSA) is 102 Å². The minimum Gasteiger partial charge on any atom is -0.322 e. The summed E-state index contributed by atoms with van der Waals surface area (Å²) in [5.74, 6) is -1.29. The number of carbonyl (C=O) groups excluding carboxylic acids is 2. The number of nitrogens with zero attached hydrogens (tertiary/aromatic N) is 2. The van der Waals surface area contributed by atoms with E-state index in [9.17, 15) is 19.7 Å². The summed E-state index contributed by atoms with van der Waals surface area (Å²) < 4.78 is 0. The number of para-hydroxylation sites is 1. The summed E-state index contributed by atoms with van der Waals surface area (Å²) in [4.78, 5) is 41.6. The van der Waals surface area contributed by atoms with Crippen LogP contribution in [0.1, 0.15) is 43.2 Å². The molecule has 0 radical (unpaired) electrons. The highest BCUT2D eigenvalue weighted by Crippen LogP contribution is 2.43. The molecule has 1 fully saturated rings. The Balaban J connectivity index is 1.79. The molecule has 1 saturated carbocycles. The summed E-state index contributed by atoms with van der Waals surface area (Å²) in [6.07, 6.45) is 1.90. The van der Waals surface area contributed by atoms with Crippen LogP contribution in [0.5, 0.6) is 0 Å². The maximum Gasteiger partial charge on any atom is 0.269 e. The van der Waals surface area contributed by atoms with Gasteiger partial charge in [0, 0.05) is 47.1 Å². The Morgan fingerprint density at radius 2 is 1.77 bits per heavy atom. The van der Waals surface area contributed by atoms with Crippen LogP contribution in [-0.2, 0) is 9.59 Å². The monoisotopic (exact) mass is 417 g/mol. The van der Waals surface area contributed by atoms with Crippen LogP contribution in [0.2, 0.25) is 0 Å². The summed E-state index contributed by atoms with van der Waals surface area (Å²) in [5, 5.41) is 14.1. The van der Waals surface area contributed by atoms with E-state index in [0.29, 0.717) is 35.4 Å². The first-order valence-electron chi connectivity index (χ1n) is 10.3. The van der Waals surface area contributed by atoms with E-state index >= 15 is 0 Å². The minimum atomic E-state index is -0.523. The zero-order valence-electron chi connectivity index (χ0n) is 17.4. The normalized spacial score (nSPS) is 20.7. The third-order valence-electron chi connectivity index (χ3n) is 6.01. The van der Waals surface area contributed by atoms with Crippen LogP contribution in [0.4, 0.5) is 11.4 Å². The van der Waals surface area contributed by atoms with E-state index in [0.717, 1.165) is 17.7 Å². The highest BCUT2D eigenvalue weighted by molar-refractivity contribution is 6.14. The van der Waals surface area contributed by atoms with Crippen molar-refractivity contribution in [2.45, 2.75) is 39.0 Å². The van der Waals surface area contributed by atoms with Crippen LogP contribution in [0.15, 0.2) is 64.8 Å². The summed E-state index contributed by atoms with van der Waals surface area (Å²) in [7, 11) is 0. The van der Waals surface area contributed by atoms with Gasteiger partial charge in [0.05, 0.1) is 10.8 Å². The van der Waals surface area contributed by atoms with Crippen molar-refractivity contribution >= 4 is 28.8 Å². The number of Topliss-reactive ketones (excluding diaryl/α,β-unsaturated/α-hetero) is 1. The molecule has 2 atom stereocenters. The molecule has 158 valence electrons. The van der Waals surface area contributed by atoms with Gasteiger partial charge in [-0.2, -0.15) is 0 Å². The maximum atomic E-state index is 13.4. The number of aliphatic imine (C=N–C) groups is 1. The molecule has 0 spiro atoms. The quantitative estimate of drug-likeness (QED) is 0.574. The second-order valence-electron chi connectivity index (χ2n) is 8.00. The third-order valence-corrected chi connectivity index (χ3v) is 6.01. The molecular formula is C24H23N3O4. The third kappa shape index (κ3) is 3.91. The molecule has 1 aliphatic heterocycles. The predicted octanol–water partition coefficient (Wildman–Crippen LogP) is 4.72. The number of amides is 1. The number of benzene rings is 2. The summed E-state index contributed by atoms with van der Waals surface area (Å²) >= 11 is 0. The first-order valence-corrected chi connectivity index (χ1v) is 10.3. The number of carbonyl (C=O) groups is 2. The Kier molecular flexibility index (Phi) is 5.50. The number of non-ortho nitro benzene ring substituents is 1. The average Bonchev–Trinajstić information content (AvgIpc) is 2.74. The lowest BCUT2D eigenvalue weighted by atomic mass is 9.69. The molecule has 1 N–H and O–H groups in total. The van der Waals surface area contributed by atoms with Gasteiger partial charge < -0.3 is 5.32 Å². The molecule has 4 rings (SSSR count). The van der Waals surface area contributed by atoms with Gasteiger partial charge in [-0.05, 0) is 43.9 Å². The molecule has 31 heavy (non-hydrogen) atoms. The smallest absolute Gasteiger partial charge is 0.269 e. The first kappa shape index (κ1) is 20.7. The molecule has 0 aromatic heterocycles. The van der Waals surface area contributed by atoms with Crippen LogP contribution in [-0.4, -0.2) is 22.3 Å². The van der Waals surface area contributed by atoms with Gasteiger partial charge in [0.1, 0.15) is 5.78 Å². The zero-order valence-corrected chi connectivity index (χ0v) is 17.4. The van der Waals surface area contributed by atoms with Crippen LogP contribution in [0.25, 0.3) is 0 Å². The van der Waals surface area contributed by atoms with Crippen LogP contribution >= 0.6 is 0 Å². The molecule has 0 bridgehead atoms. The van der Waals surface area contributed by atoms with Crippen molar-refractivity contribution in [1.29, 1.82) is 0 Å². The van der Waals surface area contributed by atoms with Crippen LogP contribution < -0.4 is 5.32 Å². The van der Waals surface area contributed by atoms with Crippen molar-refractivity contribution in [3.05, 3.63) is 81.0 Å². The number of allylic oxidation sites excluding steroid dienone is 1. The van der Waals surface area contributed by atoms with Crippen molar-refractivity contribution in [2.75, 3.05) is 5.32 Å². The molecule has 2 aromatic carbocycles. The Hall–Kier alpha value is -3.61. The largest absolute Gasteiger partial charge is 0.322 e. The highest BCUT2D eigenvalue weighted by atomic mass is 16.6. The van der Waals surface area contributed by atoms with Crippen molar-refractivity contribution in [1.82, 2.24) is 0 Å². The fraction of sp³-hybridized carbons (Fsp3) is 0.292. The number of hydrogen-bond acceptors (Lipinski definition) is 5. The average molecular weight is 417 g/mol. The van der Waals surface area contributed by atoms with E-state index < -0.39 is 16.8 Å². The van der Waals surface area contributed by atoms with Crippen molar-refractivity contribution in [3.63, 3.8) is 0 Å². The van der Waals surface area contributed by atoms with Crippen molar-refractivity contribution in [3.8, 4) is 0 Å². The van der Waals surface area contributed by atoms with Gasteiger partial charge in [0.25, 0.3) is 11.6 Å². The number of rotatable bonds is 4. The number of ketones is 1. The Labute approximate surface area is 180 Å².